The molecule has 31 heavy (non-hydrogen) atoms. The molecule has 0 atom stereocenters. The lowest BCUT2D eigenvalue weighted by Crippen LogP contribution is -2.30. The summed E-state index contributed by atoms with van der Waals surface area (Å²) in [6.45, 7) is 8.87. The average molecular weight is 414 g/mol. The molecule has 0 aliphatic carbocycles. The van der Waals surface area contributed by atoms with Crippen molar-refractivity contribution >= 4 is 32.8 Å². The second-order valence-electron chi connectivity index (χ2n) is 9.66. The van der Waals surface area contributed by atoms with Gasteiger partial charge in [-0.15, -0.1) is 0 Å². The fraction of sp³-hybridized carbons (Fsp3) is 0.259. The van der Waals surface area contributed by atoms with Gasteiger partial charge in [-0.1, -0.05) is 45.0 Å². The molecule has 0 aliphatic rings. The Morgan fingerprint density at radius 2 is 1.71 bits per heavy atom. The van der Waals surface area contributed by atoms with E-state index in [0.29, 0.717) is 5.71 Å². The van der Waals surface area contributed by atoms with Crippen molar-refractivity contribution in [3.05, 3.63) is 71.8 Å². The SMILES string of the molecule is Cc1ccc2c(oc3nc(F)ccc32)c1-c1c2ccc(CC(C)(C)C)cc2cc[n+]1C. The predicted molar refractivity (Wildman–Crippen MR) is 123 cm³/mol. The summed E-state index contributed by atoms with van der Waals surface area (Å²) in [7, 11) is 2.05. The number of furan rings is 1. The summed E-state index contributed by atoms with van der Waals surface area (Å²) in [5.74, 6) is -0.535. The molecule has 5 aromatic rings. The summed E-state index contributed by atoms with van der Waals surface area (Å²) < 4.78 is 22.0. The van der Waals surface area contributed by atoms with Crippen LogP contribution < -0.4 is 4.57 Å². The second kappa shape index (κ2) is 6.88. The minimum absolute atomic E-state index is 0.231. The smallest absolute Gasteiger partial charge is 0.229 e. The van der Waals surface area contributed by atoms with Crippen LogP contribution in [0.15, 0.2) is 59.1 Å². The maximum atomic E-state index is 13.7. The Bertz CT molecular complexity index is 1470. The molecule has 0 amide bonds. The van der Waals surface area contributed by atoms with Crippen molar-refractivity contribution in [1.29, 1.82) is 0 Å². The third kappa shape index (κ3) is 3.36. The standard InChI is InChI=1S/C27H26FN2O/c1-16-6-8-20-21-10-11-22(28)29-26(21)31-25(20)23(16)24-19-9-7-17(15-27(2,3)4)14-18(19)12-13-30(24)5/h6-14H,15H2,1-5H3/q+1. The summed E-state index contributed by atoms with van der Waals surface area (Å²) in [5, 5.41) is 4.14. The van der Waals surface area contributed by atoms with Gasteiger partial charge in [0.1, 0.15) is 7.05 Å². The lowest BCUT2D eigenvalue weighted by molar-refractivity contribution is -0.659. The third-order valence-electron chi connectivity index (χ3n) is 5.85. The third-order valence-corrected chi connectivity index (χ3v) is 5.85. The Hall–Kier alpha value is -3.27. The van der Waals surface area contributed by atoms with Gasteiger partial charge in [-0.05, 0) is 53.5 Å². The highest BCUT2D eigenvalue weighted by atomic mass is 19.1. The van der Waals surface area contributed by atoms with Crippen molar-refractivity contribution in [2.45, 2.75) is 34.1 Å². The van der Waals surface area contributed by atoms with Crippen molar-refractivity contribution in [3.8, 4) is 11.3 Å². The molecule has 0 spiro atoms. The van der Waals surface area contributed by atoms with E-state index in [9.17, 15) is 4.39 Å². The van der Waals surface area contributed by atoms with Gasteiger partial charge in [-0.25, -0.2) is 4.57 Å². The van der Waals surface area contributed by atoms with Gasteiger partial charge in [0.05, 0.1) is 10.9 Å². The number of nitrogens with zero attached hydrogens (tertiary/aromatic N) is 2. The molecular formula is C27H26FN2O+. The molecule has 2 aromatic carbocycles. The Labute approximate surface area is 181 Å². The summed E-state index contributed by atoms with van der Waals surface area (Å²) in [6, 6.07) is 16.1. The molecule has 0 radical (unpaired) electrons. The van der Waals surface area contributed by atoms with Crippen LogP contribution in [0.4, 0.5) is 4.39 Å². The first kappa shape index (κ1) is 19.7. The minimum Gasteiger partial charge on any atom is -0.437 e. The maximum absolute atomic E-state index is 13.7. The van der Waals surface area contributed by atoms with E-state index in [0.717, 1.165) is 45.0 Å². The van der Waals surface area contributed by atoms with Crippen molar-refractivity contribution in [2.24, 2.45) is 12.5 Å². The molecule has 0 saturated carbocycles. The number of fused-ring (bicyclic) bond motifs is 4. The van der Waals surface area contributed by atoms with E-state index in [-0.39, 0.29) is 5.41 Å². The lowest BCUT2D eigenvalue weighted by atomic mass is 9.87. The number of halogens is 1. The molecule has 4 heteroatoms. The molecule has 0 N–H and O–H groups in total. The second-order valence-corrected chi connectivity index (χ2v) is 9.66. The van der Waals surface area contributed by atoms with Gasteiger partial charge >= 0.3 is 0 Å². The quantitative estimate of drug-likeness (QED) is 0.239. The van der Waals surface area contributed by atoms with E-state index in [2.05, 4.69) is 80.8 Å². The van der Waals surface area contributed by atoms with Gasteiger partial charge in [-0.2, -0.15) is 9.37 Å². The van der Waals surface area contributed by atoms with E-state index in [1.807, 2.05) is 6.07 Å². The number of hydrogen-bond donors (Lipinski definition) is 0. The first-order chi connectivity index (χ1) is 14.7. The molecule has 0 bridgehead atoms. The largest absolute Gasteiger partial charge is 0.437 e. The van der Waals surface area contributed by atoms with Gasteiger partial charge in [0, 0.05) is 16.8 Å². The number of pyridine rings is 2. The van der Waals surface area contributed by atoms with E-state index < -0.39 is 5.95 Å². The van der Waals surface area contributed by atoms with Crippen LogP contribution in [0.25, 0.3) is 44.1 Å². The summed E-state index contributed by atoms with van der Waals surface area (Å²) >= 11 is 0. The van der Waals surface area contributed by atoms with Crippen LogP contribution in [0.2, 0.25) is 0 Å². The van der Waals surface area contributed by atoms with Gasteiger partial charge in [0.25, 0.3) is 0 Å². The van der Waals surface area contributed by atoms with Crippen molar-refractivity contribution in [3.63, 3.8) is 0 Å². The number of aromatic nitrogens is 2. The van der Waals surface area contributed by atoms with E-state index in [1.54, 1.807) is 6.07 Å². The van der Waals surface area contributed by atoms with Crippen LogP contribution in [0.1, 0.15) is 31.9 Å². The molecule has 5 rings (SSSR count). The normalized spacial score (nSPS) is 12.3. The van der Waals surface area contributed by atoms with Crippen LogP contribution in [-0.4, -0.2) is 4.98 Å². The highest BCUT2D eigenvalue weighted by Gasteiger charge is 2.24. The minimum atomic E-state index is -0.535. The van der Waals surface area contributed by atoms with Crippen LogP contribution in [0.3, 0.4) is 0 Å². The topological polar surface area (TPSA) is 29.9 Å². The first-order valence-electron chi connectivity index (χ1n) is 10.6. The number of rotatable bonds is 2. The number of aryl methyl sites for hydroxylation is 2. The van der Waals surface area contributed by atoms with Crippen LogP contribution in [-0.2, 0) is 13.5 Å². The fourth-order valence-electron chi connectivity index (χ4n) is 4.55. The number of hydrogen-bond acceptors (Lipinski definition) is 2. The fourth-order valence-corrected chi connectivity index (χ4v) is 4.55. The van der Waals surface area contributed by atoms with Gasteiger partial charge < -0.3 is 4.42 Å². The molecule has 3 aromatic heterocycles. The monoisotopic (exact) mass is 413 g/mol. The molecular weight excluding hydrogens is 387 g/mol. The van der Waals surface area contributed by atoms with E-state index >= 15 is 0 Å². The molecule has 0 fully saturated rings. The van der Waals surface area contributed by atoms with Gasteiger partial charge in [-0.3, -0.25) is 0 Å². The molecule has 0 unspecified atom stereocenters. The molecule has 0 saturated heterocycles. The highest BCUT2D eigenvalue weighted by molar-refractivity contribution is 6.11. The van der Waals surface area contributed by atoms with Crippen molar-refractivity contribution in [1.82, 2.24) is 4.98 Å². The van der Waals surface area contributed by atoms with Crippen LogP contribution in [0, 0.1) is 18.3 Å². The summed E-state index contributed by atoms with van der Waals surface area (Å²) in [6.07, 6.45) is 3.12. The Balaban J connectivity index is 1.81. The zero-order valence-corrected chi connectivity index (χ0v) is 18.6. The van der Waals surface area contributed by atoms with Crippen LogP contribution >= 0.6 is 0 Å². The van der Waals surface area contributed by atoms with Crippen molar-refractivity contribution in [2.75, 3.05) is 0 Å². The molecule has 3 heterocycles. The number of benzene rings is 2. The predicted octanol–water partition coefficient (Wildman–Crippen LogP) is 6.66. The highest BCUT2D eigenvalue weighted by Crippen LogP contribution is 2.38. The lowest BCUT2D eigenvalue weighted by Gasteiger charge is -2.18. The molecule has 0 aliphatic heterocycles. The van der Waals surface area contributed by atoms with E-state index in [4.69, 9.17) is 4.42 Å². The first-order valence-corrected chi connectivity index (χ1v) is 10.6. The van der Waals surface area contributed by atoms with E-state index in [1.165, 1.54) is 17.0 Å². The van der Waals surface area contributed by atoms with Crippen molar-refractivity contribution < 1.29 is 13.4 Å². The Morgan fingerprint density at radius 3 is 2.48 bits per heavy atom. The Morgan fingerprint density at radius 1 is 0.968 bits per heavy atom. The summed E-state index contributed by atoms with van der Waals surface area (Å²) in [5.41, 5.74) is 5.85. The molecule has 156 valence electrons. The van der Waals surface area contributed by atoms with Gasteiger partial charge in [0.2, 0.25) is 17.4 Å². The van der Waals surface area contributed by atoms with Gasteiger partial charge in [0.15, 0.2) is 11.8 Å². The van der Waals surface area contributed by atoms with Crippen LogP contribution in [0.5, 0.6) is 0 Å². The molecule has 3 nitrogen and oxygen atoms in total. The zero-order chi connectivity index (χ0) is 21.9. The summed E-state index contributed by atoms with van der Waals surface area (Å²) in [4.78, 5) is 3.97. The zero-order valence-electron chi connectivity index (χ0n) is 18.6. The Kier molecular flexibility index (Phi) is 4.37. The average Bonchev–Trinajstić information content (AvgIpc) is 3.05. The maximum Gasteiger partial charge on any atom is 0.229 e.